The third-order valence-corrected chi connectivity index (χ3v) is 4.79. The van der Waals surface area contributed by atoms with E-state index in [-0.39, 0.29) is 41.9 Å². The molecule has 0 saturated carbocycles. The van der Waals surface area contributed by atoms with Crippen LogP contribution in [0, 0.1) is 5.41 Å². The fraction of sp³-hybridized carbons (Fsp3) is 0.250. The summed E-state index contributed by atoms with van der Waals surface area (Å²) in [4.78, 5) is 37.5. The number of nitrogens with two attached hydrogens (primary N) is 2. The van der Waals surface area contributed by atoms with Crippen LogP contribution < -0.4 is 27.4 Å². The molecular weight excluding hydrogens is 428 g/mol. The van der Waals surface area contributed by atoms with Crippen LogP contribution in [-0.2, 0) is 21.1 Å². The SMILES string of the molecule is Cn1cc(N)cc1C(=O)Nc1cc(C(=O)Nc2cc(C(=O)NCCC(=N)N)n(C)n2)n(C)c1. The van der Waals surface area contributed by atoms with Gasteiger partial charge >= 0.3 is 0 Å². The number of nitrogens with zero attached hydrogens (tertiary/aromatic N) is 4. The van der Waals surface area contributed by atoms with Gasteiger partial charge in [-0.1, -0.05) is 0 Å². The zero-order chi connectivity index (χ0) is 24.3. The maximum Gasteiger partial charge on any atom is 0.273 e. The molecule has 13 heteroatoms. The van der Waals surface area contributed by atoms with Crippen molar-refractivity contribution in [2.24, 2.45) is 26.9 Å². The van der Waals surface area contributed by atoms with Crippen LogP contribution in [0.4, 0.5) is 17.2 Å². The molecule has 3 heterocycles. The largest absolute Gasteiger partial charge is 0.397 e. The number of nitrogens with one attached hydrogen (secondary N) is 4. The van der Waals surface area contributed by atoms with E-state index in [0.29, 0.717) is 17.1 Å². The van der Waals surface area contributed by atoms with Gasteiger partial charge in [-0.05, 0) is 12.1 Å². The Morgan fingerprint density at radius 1 is 0.939 bits per heavy atom. The standard InChI is InChI=1S/C20H26N10O3/c1-28-9-11(21)6-13(28)19(32)25-12-7-14(29(2)10-12)20(33)26-17-8-15(30(3)27-17)18(31)24-5-4-16(22)23/h6-10H,4-5,21H2,1-3H3,(H3,22,23)(H,24,31)(H,25,32)(H,26,27,33). The van der Waals surface area contributed by atoms with Crippen LogP contribution >= 0.6 is 0 Å². The molecule has 13 nitrogen and oxygen atoms in total. The summed E-state index contributed by atoms with van der Waals surface area (Å²) >= 11 is 0. The molecule has 0 atom stereocenters. The second-order valence-electron chi connectivity index (χ2n) is 7.47. The third-order valence-electron chi connectivity index (χ3n) is 4.79. The zero-order valence-electron chi connectivity index (χ0n) is 18.5. The van der Waals surface area contributed by atoms with Crippen LogP contribution in [0.25, 0.3) is 0 Å². The van der Waals surface area contributed by atoms with E-state index in [1.807, 2.05) is 0 Å². The second-order valence-corrected chi connectivity index (χ2v) is 7.47. The minimum Gasteiger partial charge on any atom is -0.397 e. The number of aryl methyl sites for hydroxylation is 3. The number of carbonyl (C=O) groups is 3. The molecule has 33 heavy (non-hydrogen) atoms. The fourth-order valence-corrected chi connectivity index (χ4v) is 3.19. The van der Waals surface area contributed by atoms with E-state index in [0.717, 1.165) is 0 Å². The Morgan fingerprint density at radius 2 is 1.58 bits per heavy atom. The Hall–Kier alpha value is -4.55. The van der Waals surface area contributed by atoms with Crippen LogP contribution in [0.5, 0.6) is 0 Å². The molecule has 3 rings (SSSR count). The zero-order valence-corrected chi connectivity index (χ0v) is 18.5. The van der Waals surface area contributed by atoms with E-state index in [4.69, 9.17) is 16.9 Å². The van der Waals surface area contributed by atoms with Crippen molar-refractivity contribution in [3.63, 3.8) is 0 Å². The topological polar surface area (TPSA) is 191 Å². The van der Waals surface area contributed by atoms with Gasteiger partial charge in [0.05, 0.1) is 17.2 Å². The first kappa shape index (κ1) is 23.1. The fourth-order valence-electron chi connectivity index (χ4n) is 3.19. The smallest absolute Gasteiger partial charge is 0.273 e. The predicted octanol–water partition coefficient (Wildman–Crippen LogP) is 0.240. The maximum atomic E-state index is 12.7. The Balaban J connectivity index is 1.67. The van der Waals surface area contributed by atoms with Crippen molar-refractivity contribution in [2.75, 3.05) is 22.9 Å². The van der Waals surface area contributed by atoms with Gasteiger partial charge in [-0.15, -0.1) is 0 Å². The minimum absolute atomic E-state index is 0.0285. The summed E-state index contributed by atoms with van der Waals surface area (Å²) in [6.07, 6.45) is 3.46. The molecule has 0 unspecified atom stereocenters. The molecule has 0 fully saturated rings. The van der Waals surface area contributed by atoms with Crippen molar-refractivity contribution >= 4 is 40.7 Å². The summed E-state index contributed by atoms with van der Waals surface area (Å²) in [5.74, 6) is -1.08. The first-order chi connectivity index (χ1) is 15.5. The van der Waals surface area contributed by atoms with Crippen LogP contribution in [0.15, 0.2) is 30.6 Å². The molecule has 0 radical (unpaired) electrons. The summed E-state index contributed by atoms with van der Waals surface area (Å²) in [5, 5.41) is 19.3. The molecule has 0 saturated heterocycles. The molecule has 3 aromatic heterocycles. The number of hydrogen-bond donors (Lipinski definition) is 6. The van der Waals surface area contributed by atoms with Gasteiger partial charge in [0.1, 0.15) is 17.1 Å². The molecule has 3 aromatic rings. The van der Waals surface area contributed by atoms with Crippen molar-refractivity contribution < 1.29 is 14.4 Å². The van der Waals surface area contributed by atoms with Crippen molar-refractivity contribution in [2.45, 2.75) is 6.42 Å². The van der Waals surface area contributed by atoms with Crippen LogP contribution in [0.3, 0.4) is 0 Å². The first-order valence-corrected chi connectivity index (χ1v) is 9.91. The van der Waals surface area contributed by atoms with Gasteiger partial charge in [0, 0.05) is 52.6 Å². The van der Waals surface area contributed by atoms with E-state index in [9.17, 15) is 14.4 Å². The highest BCUT2D eigenvalue weighted by molar-refractivity contribution is 6.07. The lowest BCUT2D eigenvalue weighted by Crippen LogP contribution is -2.29. The van der Waals surface area contributed by atoms with E-state index in [1.165, 1.54) is 16.8 Å². The normalized spacial score (nSPS) is 10.6. The van der Waals surface area contributed by atoms with Crippen molar-refractivity contribution in [1.82, 2.24) is 24.2 Å². The number of amidine groups is 1. The molecule has 0 spiro atoms. The van der Waals surface area contributed by atoms with Gasteiger partial charge < -0.3 is 36.6 Å². The highest BCUT2D eigenvalue weighted by Gasteiger charge is 2.19. The Morgan fingerprint density at radius 3 is 2.21 bits per heavy atom. The number of nitrogen functional groups attached to an aromatic ring is 1. The lowest BCUT2D eigenvalue weighted by atomic mass is 10.3. The van der Waals surface area contributed by atoms with Gasteiger partial charge in [-0.2, -0.15) is 5.10 Å². The number of rotatable bonds is 8. The second kappa shape index (κ2) is 9.30. The summed E-state index contributed by atoms with van der Waals surface area (Å²) in [6, 6.07) is 4.52. The van der Waals surface area contributed by atoms with E-state index in [1.54, 1.807) is 48.7 Å². The molecule has 0 aliphatic heterocycles. The van der Waals surface area contributed by atoms with Gasteiger partial charge in [-0.25, -0.2) is 0 Å². The lowest BCUT2D eigenvalue weighted by molar-refractivity contribution is 0.0943. The molecule has 174 valence electrons. The number of anilines is 3. The minimum atomic E-state index is -0.470. The molecule has 0 aromatic carbocycles. The summed E-state index contributed by atoms with van der Waals surface area (Å²) in [7, 11) is 4.94. The summed E-state index contributed by atoms with van der Waals surface area (Å²) in [6.45, 7) is 0.217. The molecule has 0 bridgehead atoms. The quantitative estimate of drug-likeness (QED) is 0.208. The average Bonchev–Trinajstić information content (AvgIpc) is 3.37. The van der Waals surface area contributed by atoms with Crippen LogP contribution in [0.1, 0.15) is 37.9 Å². The maximum absolute atomic E-state index is 12.7. The highest BCUT2D eigenvalue weighted by Crippen LogP contribution is 2.17. The molecule has 0 aliphatic carbocycles. The van der Waals surface area contributed by atoms with Gasteiger partial charge in [0.25, 0.3) is 17.7 Å². The number of amides is 3. The molecule has 0 aliphatic rings. The Labute approximate surface area is 189 Å². The van der Waals surface area contributed by atoms with E-state index in [2.05, 4.69) is 21.0 Å². The van der Waals surface area contributed by atoms with Gasteiger partial charge in [-0.3, -0.25) is 24.5 Å². The average molecular weight is 454 g/mol. The first-order valence-electron chi connectivity index (χ1n) is 9.91. The highest BCUT2D eigenvalue weighted by atomic mass is 16.2. The third kappa shape index (κ3) is 5.39. The van der Waals surface area contributed by atoms with E-state index >= 15 is 0 Å². The molecule has 3 amide bonds. The molecule has 8 N–H and O–H groups in total. The van der Waals surface area contributed by atoms with Crippen molar-refractivity contribution in [3.8, 4) is 0 Å². The van der Waals surface area contributed by atoms with Gasteiger partial charge in [0.2, 0.25) is 0 Å². The predicted molar refractivity (Wildman–Crippen MR) is 123 cm³/mol. The Bertz CT molecular complexity index is 1230. The monoisotopic (exact) mass is 454 g/mol. The molecular formula is C20H26N10O3. The Kier molecular flexibility index (Phi) is 6.51. The van der Waals surface area contributed by atoms with Crippen molar-refractivity contribution in [3.05, 3.63) is 47.7 Å². The number of hydrogen-bond acceptors (Lipinski definition) is 6. The number of aromatic nitrogens is 4. The van der Waals surface area contributed by atoms with Crippen LogP contribution in [-0.4, -0.2) is 49.0 Å². The number of carbonyl (C=O) groups excluding carboxylic acids is 3. The van der Waals surface area contributed by atoms with Crippen molar-refractivity contribution in [1.29, 1.82) is 5.41 Å². The van der Waals surface area contributed by atoms with Crippen LogP contribution in [0.2, 0.25) is 0 Å². The summed E-state index contributed by atoms with van der Waals surface area (Å²) in [5.41, 5.74) is 12.8. The van der Waals surface area contributed by atoms with E-state index < -0.39 is 11.8 Å². The van der Waals surface area contributed by atoms with Gasteiger partial charge in [0.15, 0.2) is 5.82 Å². The summed E-state index contributed by atoms with van der Waals surface area (Å²) < 4.78 is 4.50. The lowest BCUT2D eigenvalue weighted by Gasteiger charge is -2.03.